The Hall–Kier alpha value is -4.04. The summed E-state index contributed by atoms with van der Waals surface area (Å²) in [6.07, 6.45) is 2.04. The van der Waals surface area contributed by atoms with Gasteiger partial charge in [0.25, 0.3) is 5.91 Å². The van der Waals surface area contributed by atoms with E-state index in [9.17, 15) is 4.79 Å². The molecule has 0 spiro atoms. The number of hydrogen-bond acceptors (Lipinski definition) is 6. The number of aryl methyl sites for hydroxylation is 1. The molecule has 1 atom stereocenters. The molecule has 7 nitrogen and oxygen atoms in total. The van der Waals surface area contributed by atoms with Crippen LogP contribution in [-0.4, -0.2) is 27.3 Å². The number of unbranched alkanes of at least 4 members (excludes halogenated alkanes) is 1. The number of anilines is 2. The highest BCUT2D eigenvalue weighted by molar-refractivity contribution is 7.98. The van der Waals surface area contributed by atoms with Crippen LogP contribution in [0.1, 0.15) is 49.4 Å². The van der Waals surface area contributed by atoms with Crippen molar-refractivity contribution in [3.8, 4) is 5.75 Å². The van der Waals surface area contributed by atoms with Crippen molar-refractivity contribution in [1.82, 2.24) is 14.8 Å². The van der Waals surface area contributed by atoms with Crippen molar-refractivity contribution < 1.29 is 9.53 Å². The van der Waals surface area contributed by atoms with E-state index in [1.165, 1.54) is 5.56 Å². The second-order valence-corrected chi connectivity index (χ2v) is 10.5. The molecule has 1 unspecified atom stereocenters. The molecule has 1 aliphatic rings. The number of aromatic nitrogens is 3. The van der Waals surface area contributed by atoms with Crippen LogP contribution in [0.15, 0.2) is 95.3 Å². The first-order valence-electron chi connectivity index (χ1n) is 13.2. The van der Waals surface area contributed by atoms with E-state index >= 15 is 0 Å². The van der Waals surface area contributed by atoms with Crippen molar-refractivity contribution in [2.45, 2.75) is 50.6 Å². The molecular formula is C31H33N5O2S. The van der Waals surface area contributed by atoms with Crippen molar-refractivity contribution in [1.29, 1.82) is 0 Å². The molecule has 2 heterocycles. The number of ether oxygens (including phenoxy) is 1. The summed E-state index contributed by atoms with van der Waals surface area (Å²) >= 11 is 1.57. The Bertz CT molecular complexity index is 1480. The lowest BCUT2D eigenvalue weighted by atomic mass is 9.94. The van der Waals surface area contributed by atoms with Crippen LogP contribution >= 0.6 is 11.8 Å². The molecule has 0 saturated carbocycles. The van der Waals surface area contributed by atoms with Crippen LogP contribution in [0.4, 0.5) is 11.6 Å². The zero-order valence-corrected chi connectivity index (χ0v) is 23.3. The lowest BCUT2D eigenvalue weighted by Gasteiger charge is -2.29. The number of hydrogen-bond donors (Lipinski definition) is 2. The highest BCUT2D eigenvalue weighted by atomic mass is 32.2. The highest BCUT2D eigenvalue weighted by Gasteiger charge is 2.34. The molecule has 1 aromatic heterocycles. The van der Waals surface area contributed by atoms with Gasteiger partial charge in [-0.05, 0) is 55.2 Å². The van der Waals surface area contributed by atoms with Crippen molar-refractivity contribution in [2.24, 2.45) is 0 Å². The predicted octanol–water partition coefficient (Wildman–Crippen LogP) is 6.99. The van der Waals surface area contributed by atoms with Crippen LogP contribution in [0, 0.1) is 6.92 Å². The lowest BCUT2D eigenvalue weighted by Crippen LogP contribution is -2.31. The zero-order valence-electron chi connectivity index (χ0n) is 22.5. The standard InChI is InChI=1S/C31H33N5O2S/c1-4-5-18-38-25-16-11-15-24(19-25)28-27(29(37)33-26-17-10-9-12-21(26)2)22(3)32-30-34-31(35-36(28)30)39-20-23-13-7-6-8-14-23/h6-17,19,28H,4-5,18,20H2,1-3H3,(H,33,37)(H,32,34,35). The van der Waals surface area contributed by atoms with Gasteiger partial charge in [-0.2, -0.15) is 4.98 Å². The summed E-state index contributed by atoms with van der Waals surface area (Å²) < 4.78 is 7.83. The van der Waals surface area contributed by atoms with E-state index in [4.69, 9.17) is 14.8 Å². The van der Waals surface area contributed by atoms with Gasteiger partial charge in [-0.25, -0.2) is 4.68 Å². The third kappa shape index (κ3) is 6.17. The van der Waals surface area contributed by atoms with Gasteiger partial charge in [0.05, 0.1) is 12.2 Å². The summed E-state index contributed by atoms with van der Waals surface area (Å²) in [6.45, 7) is 6.69. The molecule has 0 saturated heterocycles. The van der Waals surface area contributed by atoms with Gasteiger partial charge < -0.3 is 15.4 Å². The molecular weight excluding hydrogens is 506 g/mol. The topological polar surface area (TPSA) is 81.1 Å². The van der Waals surface area contributed by atoms with E-state index < -0.39 is 6.04 Å². The minimum atomic E-state index is -0.474. The Morgan fingerprint density at radius 3 is 2.64 bits per heavy atom. The van der Waals surface area contributed by atoms with Gasteiger partial charge in [-0.15, -0.1) is 5.10 Å². The number of amides is 1. The van der Waals surface area contributed by atoms with Gasteiger partial charge in [0.15, 0.2) is 0 Å². The Kier molecular flexibility index (Phi) is 8.32. The normalized spacial score (nSPS) is 14.5. The minimum Gasteiger partial charge on any atom is -0.494 e. The third-order valence-electron chi connectivity index (χ3n) is 6.62. The molecule has 0 bridgehead atoms. The van der Waals surface area contributed by atoms with Gasteiger partial charge in [-0.1, -0.05) is 85.8 Å². The van der Waals surface area contributed by atoms with E-state index in [0.29, 0.717) is 23.3 Å². The summed E-state index contributed by atoms with van der Waals surface area (Å²) in [5.74, 6) is 1.95. The predicted molar refractivity (Wildman–Crippen MR) is 157 cm³/mol. The van der Waals surface area contributed by atoms with E-state index in [0.717, 1.165) is 46.9 Å². The fourth-order valence-electron chi connectivity index (χ4n) is 4.53. The molecule has 0 aliphatic carbocycles. The van der Waals surface area contributed by atoms with Gasteiger partial charge in [0.2, 0.25) is 11.1 Å². The number of nitrogens with one attached hydrogen (secondary N) is 2. The number of allylic oxidation sites excluding steroid dienone is 1. The van der Waals surface area contributed by atoms with Gasteiger partial charge >= 0.3 is 0 Å². The smallest absolute Gasteiger partial charge is 0.255 e. The number of rotatable bonds is 10. The Morgan fingerprint density at radius 2 is 1.85 bits per heavy atom. The fraction of sp³-hybridized carbons (Fsp3) is 0.258. The zero-order chi connectivity index (χ0) is 27.2. The number of nitrogens with zero attached hydrogens (tertiary/aromatic N) is 3. The van der Waals surface area contributed by atoms with E-state index in [2.05, 4.69) is 29.7 Å². The van der Waals surface area contributed by atoms with Crippen LogP contribution < -0.4 is 15.4 Å². The first kappa shape index (κ1) is 26.6. The molecule has 3 aromatic carbocycles. The van der Waals surface area contributed by atoms with Crippen LogP contribution in [0.25, 0.3) is 0 Å². The van der Waals surface area contributed by atoms with E-state index in [1.807, 2.05) is 85.3 Å². The summed E-state index contributed by atoms with van der Waals surface area (Å²) in [5, 5.41) is 12.0. The average Bonchev–Trinajstić information content (AvgIpc) is 3.35. The summed E-state index contributed by atoms with van der Waals surface area (Å²) in [7, 11) is 0. The van der Waals surface area contributed by atoms with Gasteiger partial charge in [0.1, 0.15) is 11.8 Å². The van der Waals surface area contributed by atoms with Crippen molar-refractivity contribution in [3.63, 3.8) is 0 Å². The van der Waals surface area contributed by atoms with E-state index in [-0.39, 0.29) is 5.91 Å². The number of fused-ring (bicyclic) bond motifs is 1. The van der Waals surface area contributed by atoms with Crippen molar-refractivity contribution in [3.05, 3.63) is 107 Å². The molecule has 2 N–H and O–H groups in total. The summed E-state index contributed by atoms with van der Waals surface area (Å²) in [6, 6.07) is 25.5. The van der Waals surface area contributed by atoms with Crippen molar-refractivity contribution in [2.75, 3.05) is 17.2 Å². The van der Waals surface area contributed by atoms with Crippen LogP contribution in [0.5, 0.6) is 5.75 Å². The van der Waals surface area contributed by atoms with Crippen LogP contribution in [-0.2, 0) is 10.5 Å². The SMILES string of the molecule is CCCCOc1cccc(C2C(C(=O)Nc3ccccc3C)=C(C)Nc3nc(SCc4ccccc4)nn32)c1. The molecule has 0 fully saturated rings. The molecule has 39 heavy (non-hydrogen) atoms. The van der Waals surface area contributed by atoms with Gasteiger partial charge in [-0.3, -0.25) is 4.79 Å². The quantitative estimate of drug-likeness (QED) is 0.167. The summed E-state index contributed by atoms with van der Waals surface area (Å²) in [4.78, 5) is 18.6. The number of benzene rings is 3. The minimum absolute atomic E-state index is 0.184. The Morgan fingerprint density at radius 1 is 1.05 bits per heavy atom. The molecule has 4 aromatic rings. The second kappa shape index (κ2) is 12.2. The maximum atomic E-state index is 13.8. The fourth-order valence-corrected chi connectivity index (χ4v) is 5.31. The van der Waals surface area contributed by atoms with E-state index in [1.54, 1.807) is 11.8 Å². The van der Waals surface area contributed by atoms with Gasteiger partial charge in [0, 0.05) is 17.1 Å². The maximum Gasteiger partial charge on any atom is 0.255 e. The molecule has 5 rings (SSSR count). The molecule has 1 aliphatic heterocycles. The highest BCUT2D eigenvalue weighted by Crippen LogP contribution is 2.38. The third-order valence-corrected chi connectivity index (χ3v) is 7.53. The number of carbonyl (C=O) groups excluding carboxylic acids is 1. The van der Waals surface area contributed by atoms with Crippen LogP contribution in [0.3, 0.4) is 0 Å². The molecule has 0 radical (unpaired) electrons. The second-order valence-electron chi connectivity index (χ2n) is 9.55. The monoisotopic (exact) mass is 539 g/mol. The van der Waals surface area contributed by atoms with Crippen LogP contribution in [0.2, 0.25) is 0 Å². The first-order valence-corrected chi connectivity index (χ1v) is 14.2. The molecule has 200 valence electrons. The largest absolute Gasteiger partial charge is 0.494 e. The first-order chi connectivity index (χ1) is 19.0. The average molecular weight is 540 g/mol. The maximum absolute atomic E-state index is 13.8. The lowest BCUT2D eigenvalue weighted by molar-refractivity contribution is -0.113. The Balaban J connectivity index is 1.50. The number of para-hydroxylation sites is 1. The summed E-state index contributed by atoms with van der Waals surface area (Å²) in [5.41, 5.74) is 5.21. The number of thioether (sulfide) groups is 1. The molecule has 1 amide bonds. The Labute approximate surface area is 233 Å². The number of carbonyl (C=O) groups is 1. The van der Waals surface area contributed by atoms with Crippen molar-refractivity contribution >= 4 is 29.3 Å². The molecule has 8 heteroatoms.